The zero-order valence-corrected chi connectivity index (χ0v) is 22.4. The number of nitrogens with one attached hydrogen (secondary N) is 2. The number of hydrogen-bond donors (Lipinski definition) is 2. The van der Waals surface area contributed by atoms with Crippen molar-refractivity contribution in [3.8, 4) is 0 Å². The number of urea groups is 1. The second kappa shape index (κ2) is 13.7. The van der Waals surface area contributed by atoms with Crippen LogP contribution in [0.4, 0.5) is 4.79 Å². The van der Waals surface area contributed by atoms with E-state index in [4.69, 9.17) is 0 Å². The highest BCUT2D eigenvalue weighted by Gasteiger charge is 2.27. The lowest BCUT2D eigenvalue weighted by molar-refractivity contribution is -0.109. The number of likely N-dealkylation sites (N-methyl/N-ethyl adjacent to an activating group) is 1. The maximum absolute atomic E-state index is 12.9. The van der Waals surface area contributed by atoms with E-state index in [1.807, 2.05) is 58.3 Å². The maximum atomic E-state index is 12.9. The van der Waals surface area contributed by atoms with E-state index < -0.39 is 6.04 Å². The number of likely N-dealkylation sites (tertiary alicyclic amines) is 1. The molecule has 0 radical (unpaired) electrons. The summed E-state index contributed by atoms with van der Waals surface area (Å²) in [7, 11) is 4.08. The molecule has 0 bridgehead atoms. The van der Waals surface area contributed by atoms with Crippen molar-refractivity contribution in [2.75, 3.05) is 33.7 Å². The first kappa shape index (κ1) is 28.1. The van der Waals surface area contributed by atoms with Crippen molar-refractivity contribution in [2.24, 2.45) is 0 Å². The Morgan fingerprint density at radius 2 is 1.84 bits per heavy atom. The Morgan fingerprint density at radius 1 is 1.14 bits per heavy atom. The Kier molecular flexibility index (Phi) is 10.4. The average molecular weight is 509 g/mol. The van der Waals surface area contributed by atoms with Crippen molar-refractivity contribution in [1.29, 1.82) is 0 Å². The first-order valence-corrected chi connectivity index (χ1v) is 13.2. The summed E-state index contributed by atoms with van der Waals surface area (Å²) < 4.78 is 1.75. The monoisotopic (exact) mass is 508 g/mol. The molecule has 1 aromatic carbocycles. The number of aromatic amines is 1. The van der Waals surface area contributed by atoms with Crippen LogP contribution in [0.3, 0.4) is 0 Å². The van der Waals surface area contributed by atoms with E-state index in [0.29, 0.717) is 38.0 Å². The minimum Gasteiger partial charge on any atom is -0.328 e. The zero-order valence-electron chi connectivity index (χ0n) is 22.4. The van der Waals surface area contributed by atoms with E-state index in [-0.39, 0.29) is 23.7 Å². The molecule has 1 fully saturated rings. The summed E-state index contributed by atoms with van der Waals surface area (Å²) in [5, 5.41) is 2.91. The van der Waals surface area contributed by atoms with Crippen LogP contribution < -0.4 is 11.0 Å². The predicted octanol–water partition coefficient (Wildman–Crippen LogP) is 3.79. The molecular weight excluding hydrogens is 468 g/mol. The van der Waals surface area contributed by atoms with Crippen molar-refractivity contribution in [2.45, 2.75) is 57.5 Å². The normalized spacial score (nSPS) is 15.6. The van der Waals surface area contributed by atoms with Gasteiger partial charge in [-0.15, -0.1) is 0 Å². The Labute approximate surface area is 218 Å². The fraction of sp³-hybridized carbons (Fsp3) is 0.500. The molecule has 1 saturated heterocycles. The van der Waals surface area contributed by atoms with Gasteiger partial charge >= 0.3 is 11.7 Å². The number of pyridine rings is 1. The fourth-order valence-corrected chi connectivity index (χ4v) is 4.98. The second-order valence-electron chi connectivity index (χ2n) is 9.53. The van der Waals surface area contributed by atoms with Crippen LogP contribution in [0.25, 0.3) is 11.2 Å². The average Bonchev–Trinajstić information content (AvgIpc) is 3.27. The molecule has 1 aliphatic heterocycles. The molecule has 3 aromatic rings. The van der Waals surface area contributed by atoms with E-state index in [0.717, 1.165) is 24.8 Å². The summed E-state index contributed by atoms with van der Waals surface area (Å²) in [6.45, 7) is 5.92. The molecule has 37 heavy (non-hydrogen) atoms. The molecule has 2 atom stereocenters. The topological polar surface area (TPSA) is 103 Å². The molecule has 9 heteroatoms. The molecule has 4 rings (SSSR count). The van der Waals surface area contributed by atoms with Crippen molar-refractivity contribution in [3.05, 3.63) is 64.7 Å². The van der Waals surface area contributed by atoms with Crippen LogP contribution >= 0.6 is 0 Å². The molecule has 0 saturated carbocycles. The fourth-order valence-electron chi connectivity index (χ4n) is 4.98. The predicted molar refractivity (Wildman–Crippen MR) is 147 cm³/mol. The van der Waals surface area contributed by atoms with Crippen LogP contribution in [0.5, 0.6) is 0 Å². The quantitative estimate of drug-likeness (QED) is 0.428. The van der Waals surface area contributed by atoms with Gasteiger partial charge in [0.2, 0.25) is 0 Å². The number of imidazole rings is 1. The zero-order chi connectivity index (χ0) is 26.8. The lowest BCUT2D eigenvalue weighted by atomic mass is 9.92. The molecule has 3 heterocycles. The third-order valence-electron chi connectivity index (χ3n) is 6.76. The highest BCUT2D eigenvalue weighted by atomic mass is 16.2. The number of aromatic nitrogens is 3. The SMILES string of the molecule is CC.CN(C)CC(CCC(C=O)NC(=O)N1CCC(n2c(=O)[nH]c3ncccc32)CC1)c1ccccc1. The van der Waals surface area contributed by atoms with E-state index in [1.54, 1.807) is 15.7 Å². The van der Waals surface area contributed by atoms with Gasteiger partial charge in [0, 0.05) is 31.9 Å². The maximum Gasteiger partial charge on any atom is 0.327 e. The third kappa shape index (κ3) is 7.29. The highest BCUT2D eigenvalue weighted by molar-refractivity contribution is 5.78. The van der Waals surface area contributed by atoms with Gasteiger partial charge in [-0.1, -0.05) is 44.2 Å². The molecule has 9 nitrogen and oxygen atoms in total. The van der Waals surface area contributed by atoms with Crippen molar-refractivity contribution in [1.82, 2.24) is 29.7 Å². The smallest absolute Gasteiger partial charge is 0.327 e. The van der Waals surface area contributed by atoms with Gasteiger partial charge in [-0.2, -0.15) is 0 Å². The highest BCUT2D eigenvalue weighted by Crippen LogP contribution is 2.25. The third-order valence-corrected chi connectivity index (χ3v) is 6.76. The molecule has 2 unspecified atom stereocenters. The first-order chi connectivity index (χ1) is 18.0. The van der Waals surface area contributed by atoms with Crippen molar-refractivity contribution < 1.29 is 9.59 Å². The summed E-state index contributed by atoms with van der Waals surface area (Å²) in [5.41, 5.74) is 2.43. The molecule has 0 aliphatic carbocycles. The molecule has 2 aromatic heterocycles. The van der Waals surface area contributed by atoms with Gasteiger partial charge in [0.05, 0.1) is 11.6 Å². The molecular formula is C28H40N6O3. The molecule has 2 amide bonds. The van der Waals surface area contributed by atoms with Gasteiger partial charge in [0.25, 0.3) is 0 Å². The van der Waals surface area contributed by atoms with Crippen LogP contribution in [0.1, 0.15) is 57.1 Å². The number of carbonyl (C=O) groups is 2. The number of H-pyrrole nitrogens is 1. The van der Waals surface area contributed by atoms with Gasteiger partial charge in [-0.25, -0.2) is 14.6 Å². The van der Waals surface area contributed by atoms with Crippen molar-refractivity contribution >= 4 is 23.5 Å². The van der Waals surface area contributed by atoms with Crippen LogP contribution in [-0.2, 0) is 4.79 Å². The van der Waals surface area contributed by atoms with Crippen LogP contribution in [0.2, 0.25) is 0 Å². The molecule has 1 aliphatic rings. The van der Waals surface area contributed by atoms with Gasteiger partial charge < -0.3 is 19.9 Å². The lowest BCUT2D eigenvalue weighted by Crippen LogP contribution is -2.49. The Morgan fingerprint density at radius 3 is 2.49 bits per heavy atom. The Balaban J connectivity index is 0.00000186. The largest absolute Gasteiger partial charge is 0.328 e. The number of fused-ring (bicyclic) bond motifs is 1. The number of carbonyl (C=O) groups excluding carboxylic acids is 2. The minimum absolute atomic E-state index is 0.00373. The van der Waals surface area contributed by atoms with E-state index >= 15 is 0 Å². The summed E-state index contributed by atoms with van der Waals surface area (Å²) in [5.74, 6) is 0.283. The van der Waals surface area contributed by atoms with E-state index in [9.17, 15) is 14.4 Å². The minimum atomic E-state index is -0.532. The van der Waals surface area contributed by atoms with Crippen molar-refractivity contribution in [3.63, 3.8) is 0 Å². The summed E-state index contributed by atoms with van der Waals surface area (Å²) in [4.78, 5) is 48.0. The number of amides is 2. The van der Waals surface area contributed by atoms with Crippen LogP contribution in [0.15, 0.2) is 53.5 Å². The van der Waals surface area contributed by atoms with Gasteiger partial charge in [-0.3, -0.25) is 9.55 Å². The summed E-state index contributed by atoms with van der Waals surface area (Å²) in [6, 6.07) is 13.2. The number of piperidine rings is 1. The molecule has 2 N–H and O–H groups in total. The van der Waals surface area contributed by atoms with Crippen LogP contribution in [0, 0.1) is 0 Å². The first-order valence-electron chi connectivity index (χ1n) is 13.2. The Bertz CT molecular complexity index is 1180. The van der Waals surface area contributed by atoms with E-state index in [2.05, 4.69) is 32.3 Å². The summed E-state index contributed by atoms with van der Waals surface area (Å²) in [6.07, 6.45) is 5.20. The van der Waals surface area contributed by atoms with Gasteiger partial charge in [-0.05, 0) is 63.4 Å². The summed E-state index contributed by atoms with van der Waals surface area (Å²) >= 11 is 0. The van der Waals surface area contributed by atoms with Gasteiger partial charge in [0.15, 0.2) is 5.65 Å². The number of benzene rings is 1. The number of hydrogen-bond acceptors (Lipinski definition) is 5. The lowest BCUT2D eigenvalue weighted by Gasteiger charge is -2.33. The van der Waals surface area contributed by atoms with E-state index in [1.165, 1.54) is 5.56 Å². The Hall–Kier alpha value is -3.46. The van der Waals surface area contributed by atoms with Crippen LogP contribution in [-0.4, -0.2) is 76.4 Å². The standard InChI is InChI=1S/C26H34N6O3.C2H6/c1-30(2)17-20(19-7-4-3-5-8-19)10-11-21(18-33)28-25(34)31-15-12-22(13-16-31)32-23-9-6-14-27-24(23)29-26(32)35;1-2/h3-9,14,18,20-22H,10-13,15-17H2,1-2H3,(H,28,34)(H,27,29,35);1-2H3. The second-order valence-corrected chi connectivity index (χ2v) is 9.53. The molecule has 0 spiro atoms. The number of rotatable bonds is 9. The number of aldehydes is 1. The molecule has 200 valence electrons. The number of nitrogens with zero attached hydrogens (tertiary/aromatic N) is 4. The van der Waals surface area contributed by atoms with Gasteiger partial charge in [0.1, 0.15) is 6.29 Å².